The van der Waals surface area contributed by atoms with E-state index in [1.165, 1.54) is 5.56 Å². The van der Waals surface area contributed by atoms with Crippen LogP contribution in [0, 0.1) is 0 Å². The lowest BCUT2D eigenvalue weighted by Gasteiger charge is -2.36. The lowest BCUT2D eigenvalue weighted by Crippen LogP contribution is -2.48. The molecule has 29 heavy (non-hydrogen) atoms. The van der Waals surface area contributed by atoms with Crippen molar-refractivity contribution in [3.8, 4) is 0 Å². The number of anilines is 2. The second-order valence-electron chi connectivity index (χ2n) is 8.56. The fourth-order valence-electron chi connectivity index (χ4n) is 3.47. The van der Waals surface area contributed by atoms with Crippen molar-refractivity contribution in [2.24, 2.45) is 0 Å². The molecule has 1 heterocycles. The smallest absolute Gasteiger partial charge is 0.253 e. The van der Waals surface area contributed by atoms with E-state index in [-0.39, 0.29) is 17.2 Å². The molecule has 1 N–H and O–H groups in total. The molecule has 1 aliphatic heterocycles. The van der Waals surface area contributed by atoms with E-state index >= 15 is 0 Å². The summed E-state index contributed by atoms with van der Waals surface area (Å²) in [6, 6.07) is 15.9. The van der Waals surface area contributed by atoms with E-state index < -0.39 is 0 Å². The van der Waals surface area contributed by atoms with E-state index in [0.717, 1.165) is 30.0 Å². The first-order valence-electron chi connectivity index (χ1n) is 10.3. The van der Waals surface area contributed by atoms with Crippen LogP contribution < -0.4 is 10.2 Å². The molecule has 1 fully saturated rings. The standard InChI is InChI=1S/C24H31N3O2/c1-5-22(28)25-20-10-12-21(13-11-20)26-14-16-27(17-15-26)23(29)18-6-8-19(9-7-18)24(2,3)4/h6-13H,5,14-17H2,1-4H3,(H,25,28). The van der Waals surface area contributed by atoms with Gasteiger partial charge in [0.25, 0.3) is 5.91 Å². The van der Waals surface area contributed by atoms with Crippen molar-refractivity contribution in [2.75, 3.05) is 36.4 Å². The molecule has 0 aromatic heterocycles. The van der Waals surface area contributed by atoms with Crippen LogP contribution in [0.2, 0.25) is 0 Å². The molecule has 0 spiro atoms. The van der Waals surface area contributed by atoms with Crippen molar-refractivity contribution in [3.05, 3.63) is 59.7 Å². The fraction of sp³-hybridized carbons (Fsp3) is 0.417. The number of carbonyl (C=O) groups is 2. The van der Waals surface area contributed by atoms with Crippen molar-refractivity contribution >= 4 is 23.2 Å². The highest BCUT2D eigenvalue weighted by atomic mass is 16.2. The molecule has 2 aromatic rings. The number of piperazine rings is 1. The van der Waals surface area contributed by atoms with Crippen LogP contribution in [0.25, 0.3) is 0 Å². The Morgan fingerprint density at radius 1 is 0.897 bits per heavy atom. The Morgan fingerprint density at radius 2 is 1.48 bits per heavy atom. The van der Waals surface area contributed by atoms with E-state index in [9.17, 15) is 9.59 Å². The molecule has 0 aliphatic carbocycles. The average Bonchev–Trinajstić information content (AvgIpc) is 2.73. The van der Waals surface area contributed by atoms with Crippen LogP contribution in [0.15, 0.2) is 48.5 Å². The SMILES string of the molecule is CCC(=O)Nc1ccc(N2CCN(C(=O)c3ccc(C(C)(C)C)cc3)CC2)cc1. The summed E-state index contributed by atoms with van der Waals surface area (Å²) in [6.45, 7) is 11.4. The molecule has 0 saturated carbocycles. The second-order valence-corrected chi connectivity index (χ2v) is 8.56. The van der Waals surface area contributed by atoms with E-state index in [2.05, 4.69) is 43.1 Å². The second kappa shape index (κ2) is 8.68. The molecule has 0 atom stereocenters. The summed E-state index contributed by atoms with van der Waals surface area (Å²) in [5.41, 5.74) is 4.00. The van der Waals surface area contributed by atoms with Crippen molar-refractivity contribution in [2.45, 2.75) is 39.5 Å². The van der Waals surface area contributed by atoms with E-state index in [0.29, 0.717) is 19.5 Å². The maximum absolute atomic E-state index is 12.8. The van der Waals surface area contributed by atoms with Crippen LogP contribution in [-0.4, -0.2) is 42.9 Å². The van der Waals surface area contributed by atoms with Gasteiger partial charge in [-0.25, -0.2) is 0 Å². The fourth-order valence-corrected chi connectivity index (χ4v) is 3.47. The summed E-state index contributed by atoms with van der Waals surface area (Å²) in [5.74, 6) is 0.114. The highest BCUT2D eigenvalue weighted by Crippen LogP contribution is 2.23. The first-order chi connectivity index (χ1) is 13.8. The van der Waals surface area contributed by atoms with Gasteiger partial charge in [-0.15, -0.1) is 0 Å². The zero-order chi connectivity index (χ0) is 21.0. The van der Waals surface area contributed by atoms with Crippen molar-refractivity contribution in [3.63, 3.8) is 0 Å². The third-order valence-electron chi connectivity index (χ3n) is 5.40. The first-order valence-corrected chi connectivity index (χ1v) is 10.3. The quantitative estimate of drug-likeness (QED) is 0.843. The molecule has 2 amide bonds. The number of hydrogen-bond donors (Lipinski definition) is 1. The minimum Gasteiger partial charge on any atom is -0.368 e. The number of nitrogens with zero attached hydrogens (tertiary/aromatic N) is 2. The van der Waals surface area contributed by atoms with Gasteiger partial charge in [-0.1, -0.05) is 39.8 Å². The number of carbonyl (C=O) groups excluding carboxylic acids is 2. The Balaban J connectivity index is 1.57. The highest BCUT2D eigenvalue weighted by molar-refractivity contribution is 5.94. The highest BCUT2D eigenvalue weighted by Gasteiger charge is 2.23. The van der Waals surface area contributed by atoms with Gasteiger partial charge in [-0.2, -0.15) is 0 Å². The van der Waals surface area contributed by atoms with Gasteiger partial charge >= 0.3 is 0 Å². The number of rotatable bonds is 4. The average molecular weight is 394 g/mol. The molecule has 0 bridgehead atoms. The van der Waals surface area contributed by atoms with Crippen LogP contribution in [0.4, 0.5) is 11.4 Å². The summed E-state index contributed by atoms with van der Waals surface area (Å²) in [5, 5.41) is 2.86. The maximum atomic E-state index is 12.8. The third-order valence-corrected chi connectivity index (χ3v) is 5.40. The van der Waals surface area contributed by atoms with Gasteiger partial charge in [0.05, 0.1) is 0 Å². The summed E-state index contributed by atoms with van der Waals surface area (Å²) < 4.78 is 0. The molecule has 2 aromatic carbocycles. The number of benzene rings is 2. The van der Waals surface area contributed by atoms with Gasteiger partial charge in [0.1, 0.15) is 0 Å². The Kier molecular flexibility index (Phi) is 6.26. The maximum Gasteiger partial charge on any atom is 0.253 e. The Bertz CT molecular complexity index is 843. The lowest BCUT2D eigenvalue weighted by atomic mass is 9.86. The van der Waals surface area contributed by atoms with E-state index in [1.54, 1.807) is 0 Å². The summed E-state index contributed by atoms with van der Waals surface area (Å²) in [7, 11) is 0. The number of nitrogens with one attached hydrogen (secondary N) is 1. The molecule has 0 radical (unpaired) electrons. The lowest BCUT2D eigenvalue weighted by molar-refractivity contribution is -0.115. The molecule has 1 aliphatic rings. The number of hydrogen-bond acceptors (Lipinski definition) is 3. The molecular formula is C24H31N3O2. The Hall–Kier alpha value is -2.82. The van der Waals surface area contributed by atoms with Gasteiger partial charge in [0.15, 0.2) is 0 Å². The zero-order valence-corrected chi connectivity index (χ0v) is 17.9. The molecular weight excluding hydrogens is 362 g/mol. The van der Waals surface area contributed by atoms with Gasteiger partial charge in [0, 0.05) is 49.5 Å². The van der Waals surface area contributed by atoms with Crippen molar-refractivity contribution in [1.82, 2.24) is 4.90 Å². The van der Waals surface area contributed by atoms with E-state index in [4.69, 9.17) is 0 Å². The molecule has 3 rings (SSSR count). The van der Waals surface area contributed by atoms with Gasteiger partial charge in [-0.05, 0) is 47.4 Å². The third kappa shape index (κ3) is 5.17. The van der Waals surface area contributed by atoms with Crippen molar-refractivity contribution in [1.29, 1.82) is 0 Å². The van der Waals surface area contributed by atoms with Gasteiger partial charge < -0.3 is 15.1 Å². The molecule has 1 saturated heterocycles. The van der Waals surface area contributed by atoms with Crippen LogP contribution in [0.1, 0.15) is 50.0 Å². The molecule has 5 nitrogen and oxygen atoms in total. The predicted octanol–water partition coefficient (Wildman–Crippen LogP) is 4.30. The Morgan fingerprint density at radius 3 is 2.00 bits per heavy atom. The summed E-state index contributed by atoms with van der Waals surface area (Å²) in [4.78, 5) is 28.5. The normalized spacial score (nSPS) is 14.6. The Labute approximate surface area is 173 Å². The van der Waals surface area contributed by atoms with Crippen LogP contribution in [-0.2, 0) is 10.2 Å². The summed E-state index contributed by atoms with van der Waals surface area (Å²) in [6.07, 6.45) is 0.469. The summed E-state index contributed by atoms with van der Waals surface area (Å²) >= 11 is 0. The number of amides is 2. The largest absolute Gasteiger partial charge is 0.368 e. The van der Waals surface area contributed by atoms with Crippen LogP contribution in [0.3, 0.4) is 0 Å². The zero-order valence-electron chi connectivity index (χ0n) is 17.9. The minimum absolute atomic E-state index is 0.0143. The topological polar surface area (TPSA) is 52.7 Å². The molecule has 154 valence electrons. The first kappa shape index (κ1) is 20.9. The minimum atomic E-state index is 0.0143. The molecule has 0 unspecified atom stereocenters. The monoisotopic (exact) mass is 393 g/mol. The van der Waals surface area contributed by atoms with E-state index in [1.807, 2.05) is 48.2 Å². The van der Waals surface area contributed by atoms with Gasteiger partial charge in [0.2, 0.25) is 5.91 Å². The van der Waals surface area contributed by atoms with Crippen LogP contribution >= 0.6 is 0 Å². The van der Waals surface area contributed by atoms with Crippen molar-refractivity contribution < 1.29 is 9.59 Å². The molecule has 5 heteroatoms. The predicted molar refractivity (Wildman–Crippen MR) is 119 cm³/mol. The van der Waals surface area contributed by atoms with Gasteiger partial charge in [-0.3, -0.25) is 9.59 Å². The van der Waals surface area contributed by atoms with Crippen LogP contribution in [0.5, 0.6) is 0 Å².